The second kappa shape index (κ2) is 6.90. The maximum Gasteiger partial charge on any atom is 0.169 e. The second-order valence-electron chi connectivity index (χ2n) is 5.17. The summed E-state index contributed by atoms with van der Waals surface area (Å²) >= 11 is 0. The van der Waals surface area contributed by atoms with Gasteiger partial charge in [0.2, 0.25) is 0 Å². The normalized spacial score (nSPS) is 18.7. The van der Waals surface area contributed by atoms with Crippen LogP contribution in [0.5, 0.6) is 0 Å². The van der Waals surface area contributed by atoms with Gasteiger partial charge in [-0.1, -0.05) is 6.07 Å². The lowest BCUT2D eigenvalue weighted by Crippen LogP contribution is -2.30. The molecule has 0 amide bonds. The van der Waals surface area contributed by atoms with Crippen LogP contribution in [0.25, 0.3) is 0 Å². The molecule has 20 heavy (non-hydrogen) atoms. The molecular weight excluding hydrogens is 264 g/mol. The van der Waals surface area contributed by atoms with Crippen molar-refractivity contribution in [1.29, 1.82) is 0 Å². The number of halogens is 2. The third-order valence-corrected chi connectivity index (χ3v) is 3.51. The van der Waals surface area contributed by atoms with Gasteiger partial charge in [0.1, 0.15) is 0 Å². The number of ketones is 1. The fourth-order valence-corrected chi connectivity index (χ4v) is 2.37. The molecule has 1 saturated heterocycles. The second-order valence-corrected chi connectivity index (χ2v) is 5.17. The third-order valence-electron chi connectivity index (χ3n) is 3.51. The zero-order valence-corrected chi connectivity index (χ0v) is 11.6. The van der Waals surface area contributed by atoms with E-state index in [0.717, 1.165) is 32.1 Å². The molecule has 1 heterocycles. The van der Waals surface area contributed by atoms with E-state index in [4.69, 9.17) is 4.74 Å². The number of hydrogen-bond acceptors (Lipinski definition) is 3. The Hall–Kier alpha value is -1.33. The predicted molar refractivity (Wildman–Crippen MR) is 71.8 cm³/mol. The van der Waals surface area contributed by atoms with Crippen molar-refractivity contribution >= 4 is 5.78 Å². The summed E-state index contributed by atoms with van der Waals surface area (Å²) < 4.78 is 32.0. The van der Waals surface area contributed by atoms with Crippen LogP contribution in [0.4, 0.5) is 8.78 Å². The lowest BCUT2D eigenvalue weighted by atomic mass is 10.1. The Kier molecular flexibility index (Phi) is 5.20. The van der Waals surface area contributed by atoms with Crippen LogP contribution >= 0.6 is 0 Å². The van der Waals surface area contributed by atoms with Gasteiger partial charge in [-0.3, -0.25) is 4.79 Å². The minimum Gasteiger partial charge on any atom is -0.377 e. The van der Waals surface area contributed by atoms with Gasteiger partial charge in [0.25, 0.3) is 0 Å². The highest BCUT2D eigenvalue weighted by Gasteiger charge is 2.19. The van der Waals surface area contributed by atoms with Crippen LogP contribution in [0.3, 0.4) is 0 Å². The zero-order valence-electron chi connectivity index (χ0n) is 11.6. The first-order chi connectivity index (χ1) is 9.58. The van der Waals surface area contributed by atoms with E-state index in [-0.39, 0.29) is 23.9 Å². The summed E-state index contributed by atoms with van der Waals surface area (Å²) in [4.78, 5) is 13.9. The predicted octanol–water partition coefficient (Wildman–Crippen LogP) is 2.65. The van der Waals surface area contributed by atoms with E-state index >= 15 is 0 Å². The average molecular weight is 283 g/mol. The molecule has 110 valence electrons. The highest BCUT2D eigenvalue weighted by Crippen LogP contribution is 2.15. The fraction of sp³-hybridized carbons (Fsp3) is 0.533. The Bertz CT molecular complexity index is 473. The van der Waals surface area contributed by atoms with Crippen molar-refractivity contribution in [3.8, 4) is 0 Å². The molecule has 0 aromatic heterocycles. The molecule has 5 heteroatoms. The van der Waals surface area contributed by atoms with E-state index in [1.807, 2.05) is 11.9 Å². The number of carbonyl (C=O) groups is 1. The van der Waals surface area contributed by atoms with E-state index < -0.39 is 11.6 Å². The average Bonchev–Trinajstić information content (AvgIpc) is 2.92. The van der Waals surface area contributed by atoms with Crippen LogP contribution < -0.4 is 0 Å². The van der Waals surface area contributed by atoms with Gasteiger partial charge in [0.15, 0.2) is 17.4 Å². The summed E-state index contributed by atoms with van der Waals surface area (Å²) in [6, 6.07) is 3.68. The molecule has 2 rings (SSSR count). The van der Waals surface area contributed by atoms with Crippen molar-refractivity contribution in [3.63, 3.8) is 0 Å². The zero-order chi connectivity index (χ0) is 14.5. The highest BCUT2D eigenvalue weighted by molar-refractivity contribution is 5.96. The van der Waals surface area contributed by atoms with Crippen LogP contribution in [0.2, 0.25) is 0 Å². The van der Waals surface area contributed by atoms with E-state index in [9.17, 15) is 13.6 Å². The molecule has 0 bridgehead atoms. The van der Waals surface area contributed by atoms with Crippen molar-refractivity contribution in [2.24, 2.45) is 0 Å². The molecule has 0 saturated carbocycles. The lowest BCUT2D eigenvalue weighted by Gasteiger charge is -2.20. The van der Waals surface area contributed by atoms with Gasteiger partial charge in [-0.05, 0) is 32.0 Å². The first kappa shape index (κ1) is 15.1. The summed E-state index contributed by atoms with van der Waals surface area (Å²) in [6.07, 6.45) is 2.51. The van der Waals surface area contributed by atoms with Gasteiger partial charge in [0.05, 0.1) is 11.7 Å². The van der Waals surface area contributed by atoms with Crippen molar-refractivity contribution < 1.29 is 18.3 Å². The number of likely N-dealkylation sites (N-methyl/N-ethyl adjacent to an activating group) is 1. The molecule has 1 unspecified atom stereocenters. The molecule has 1 aromatic carbocycles. The molecule has 1 atom stereocenters. The topological polar surface area (TPSA) is 29.5 Å². The summed E-state index contributed by atoms with van der Waals surface area (Å²) in [6.45, 7) is 2.07. The summed E-state index contributed by atoms with van der Waals surface area (Å²) in [5.41, 5.74) is -0.171. The number of nitrogens with zero attached hydrogens (tertiary/aromatic N) is 1. The van der Waals surface area contributed by atoms with Gasteiger partial charge in [-0.2, -0.15) is 0 Å². The number of carbonyl (C=O) groups excluding carboxylic acids is 1. The van der Waals surface area contributed by atoms with E-state index in [1.165, 1.54) is 12.1 Å². The van der Waals surface area contributed by atoms with Gasteiger partial charge in [0, 0.05) is 26.1 Å². The van der Waals surface area contributed by atoms with Gasteiger partial charge in [-0.15, -0.1) is 0 Å². The smallest absolute Gasteiger partial charge is 0.169 e. The van der Waals surface area contributed by atoms with E-state index in [1.54, 1.807) is 0 Å². The van der Waals surface area contributed by atoms with Crippen LogP contribution in [-0.2, 0) is 4.74 Å². The van der Waals surface area contributed by atoms with E-state index in [0.29, 0.717) is 6.54 Å². The van der Waals surface area contributed by atoms with E-state index in [2.05, 4.69) is 0 Å². The quantitative estimate of drug-likeness (QED) is 0.752. The monoisotopic (exact) mass is 283 g/mol. The molecule has 0 aliphatic carbocycles. The Morgan fingerprint density at radius 2 is 2.25 bits per heavy atom. The molecular formula is C15H19F2NO2. The molecule has 0 N–H and O–H groups in total. The number of benzene rings is 1. The maximum absolute atomic E-state index is 13.5. The molecule has 3 nitrogen and oxygen atoms in total. The van der Waals surface area contributed by atoms with Crippen LogP contribution in [-0.4, -0.2) is 43.5 Å². The number of ether oxygens (including phenoxy) is 1. The summed E-state index contributed by atoms with van der Waals surface area (Å²) in [5, 5.41) is 0. The van der Waals surface area contributed by atoms with Gasteiger partial charge >= 0.3 is 0 Å². The minimum absolute atomic E-state index is 0.170. The largest absolute Gasteiger partial charge is 0.377 e. The van der Waals surface area contributed by atoms with Crippen molar-refractivity contribution in [2.45, 2.75) is 25.4 Å². The van der Waals surface area contributed by atoms with Crippen LogP contribution in [0, 0.1) is 11.6 Å². The summed E-state index contributed by atoms with van der Waals surface area (Å²) in [7, 11) is 1.90. The number of Topliss-reactive ketones (excluding diaryl/α,β-unsaturated/α-hetero) is 1. The molecule has 0 spiro atoms. The molecule has 1 aromatic rings. The number of hydrogen-bond donors (Lipinski definition) is 0. The van der Waals surface area contributed by atoms with Crippen LogP contribution in [0.15, 0.2) is 18.2 Å². The molecule has 1 aliphatic heterocycles. The summed E-state index contributed by atoms with van der Waals surface area (Å²) in [5.74, 6) is -2.41. The van der Waals surface area contributed by atoms with Crippen molar-refractivity contribution in [3.05, 3.63) is 35.4 Å². The maximum atomic E-state index is 13.5. The Balaban J connectivity index is 1.83. The molecule has 0 radical (unpaired) electrons. The standard InChI is InChI=1S/C15H19F2NO2/c1-18(10-11-4-3-9-20-11)8-7-14(19)12-5-2-6-13(16)15(12)17/h2,5-6,11H,3-4,7-10H2,1H3. The fourth-order valence-electron chi connectivity index (χ4n) is 2.37. The van der Waals surface area contributed by atoms with Crippen molar-refractivity contribution in [1.82, 2.24) is 4.90 Å². The van der Waals surface area contributed by atoms with Crippen molar-refractivity contribution in [2.75, 3.05) is 26.7 Å². The Morgan fingerprint density at radius 1 is 1.45 bits per heavy atom. The SMILES string of the molecule is CN(CCC(=O)c1cccc(F)c1F)CC1CCCO1. The minimum atomic E-state index is -1.06. The Morgan fingerprint density at radius 3 is 2.95 bits per heavy atom. The highest BCUT2D eigenvalue weighted by atomic mass is 19.2. The first-order valence-electron chi connectivity index (χ1n) is 6.85. The molecule has 1 aliphatic rings. The lowest BCUT2D eigenvalue weighted by molar-refractivity contribution is 0.0777. The first-order valence-corrected chi connectivity index (χ1v) is 6.85. The molecule has 1 fully saturated rings. The van der Waals surface area contributed by atoms with Gasteiger partial charge < -0.3 is 9.64 Å². The van der Waals surface area contributed by atoms with Crippen LogP contribution in [0.1, 0.15) is 29.6 Å². The Labute approximate surface area is 117 Å². The van der Waals surface area contributed by atoms with Gasteiger partial charge in [-0.25, -0.2) is 8.78 Å². The third kappa shape index (κ3) is 3.84. The number of rotatable bonds is 6.